The summed E-state index contributed by atoms with van der Waals surface area (Å²) in [4.78, 5) is 13.2. The summed E-state index contributed by atoms with van der Waals surface area (Å²) in [5, 5.41) is 12.5. The summed E-state index contributed by atoms with van der Waals surface area (Å²) in [5.41, 5.74) is 3.83. The molecule has 0 heterocycles. The van der Waals surface area contributed by atoms with Crippen LogP contribution in [0.4, 0.5) is 0 Å². The Balaban J connectivity index is 1.98. The van der Waals surface area contributed by atoms with Crippen molar-refractivity contribution in [3.05, 3.63) is 70.8 Å². The molecule has 0 aromatic heterocycles. The maximum atomic E-state index is 11.0. The molecule has 4 nitrogen and oxygen atoms in total. The Kier molecular flexibility index (Phi) is 5.90. The van der Waals surface area contributed by atoms with E-state index in [1.165, 1.54) is 11.1 Å². The third kappa shape index (κ3) is 4.91. The maximum absolute atomic E-state index is 11.0. The highest BCUT2D eigenvalue weighted by molar-refractivity contribution is 5.87. The molecular weight excluding hydrogens is 288 g/mol. The molecule has 2 aromatic carbocycles. The Hall–Kier alpha value is -2.17. The van der Waals surface area contributed by atoms with Crippen LogP contribution in [0.15, 0.2) is 48.5 Å². The molecular formula is C19H24N2O2. The lowest BCUT2D eigenvalue weighted by Gasteiger charge is -2.25. The molecule has 0 bridgehead atoms. The minimum Gasteiger partial charge on any atom is -0.478 e. The van der Waals surface area contributed by atoms with Gasteiger partial charge in [-0.15, -0.1) is 0 Å². The Morgan fingerprint density at radius 1 is 1.17 bits per heavy atom. The summed E-state index contributed by atoms with van der Waals surface area (Å²) in [6, 6.07) is 15.9. The average Bonchev–Trinajstić information content (AvgIpc) is 2.52. The van der Waals surface area contributed by atoms with Gasteiger partial charge in [0.15, 0.2) is 0 Å². The van der Waals surface area contributed by atoms with Gasteiger partial charge in [-0.2, -0.15) is 0 Å². The first kappa shape index (κ1) is 17.2. The minimum atomic E-state index is -0.891. The van der Waals surface area contributed by atoms with Crippen molar-refractivity contribution in [1.82, 2.24) is 10.2 Å². The van der Waals surface area contributed by atoms with E-state index in [1.54, 1.807) is 18.2 Å². The van der Waals surface area contributed by atoms with E-state index in [4.69, 9.17) is 5.11 Å². The number of rotatable bonds is 7. The zero-order valence-corrected chi connectivity index (χ0v) is 13.9. The molecule has 122 valence electrons. The Morgan fingerprint density at radius 2 is 1.87 bits per heavy atom. The maximum Gasteiger partial charge on any atom is 0.335 e. The number of hydrogen-bond acceptors (Lipinski definition) is 3. The van der Waals surface area contributed by atoms with Crippen molar-refractivity contribution in [2.75, 3.05) is 20.6 Å². The first-order valence-corrected chi connectivity index (χ1v) is 7.73. The fourth-order valence-electron chi connectivity index (χ4n) is 2.55. The molecule has 2 N–H and O–H groups in total. The lowest BCUT2D eigenvalue weighted by Crippen LogP contribution is -2.30. The SMILES string of the molecule is Cc1ccc(C(CNCc2cccc(C(=O)O)c2)N(C)C)cc1. The van der Waals surface area contributed by atoms with Crippen LogP contribution in [-0.4, -0.2) is 36.6 Å². The second kappa shape index (κ2) is 7.90. The minimum absolute atomic E-state index is 0.276. The van der Waals surface area contributed by atoms with Gasteiger partial charge in [0, 0.05) is 19.1 Å². The molecule has 4 heteroatoms. The van der Waals surface area contributed by atoms with Gasteiger partial charge in [-0.05, 0) is 44.3 Å². The monoisotopic (exact) mass is 312 g/mol. The third-order valence-corrected chi connectivity index (χ3v) is 3.93. The van der Waals surface area contributed by atoms with Gasteiger partial charge in [-0.1, -0.05) is 42.0 Å². The smallest absolute Gasteiger partial charge is 0.335 e. The zero-order chi connectivity index (χ0) is 16.8. The van der Waals surface area contributed by atoms with Crippen molar-refractivity contribution in [2.24, 2.45) is 0 Å². The lowest BCUT2D eigenvalue weighted by molar-refractivity contribution is 0.0696. The van der Waals surface area contributed by atoms with E-state index >= 15 is 0 Å². The van der Waals surface area contributed by atoms with Gasteiger partial charge in [0.25, 0.3) is 0 Å². The van der Waals surface area contributed by atoms with Gasteiger partial charge < -0.3 is 15.3 Å². The summed E-state index contributed by atoms with van der Waals surface area (Å²) in [6.45, 7) is 3.53. The summed E-state index contributed by atoms with van der Waals surface area (Å²) in [6.07, 6.45) is 0. The van der Waals surface area contributed by atoms with Crippen molar-refractivity contribution in [3.8, 4) is 0 Å². The molecule has 0 saturated carbocycles. The number of nitrogens with zero attached hydrogens (tertiary/aromatic N) is 1. The van der Waals surface area contributed by atoms with E-state index in [9.17, 15) is 4.79 Å². The Bertz CT molecular complexity index is 651. The van der Waals surface area contributed by atoms with Gasteiger partial charge in [0.2, 0.25) is 0 Å². The highest BCUT2D eigenvalue weighted by Crippen LogP contribution is 2.18. The van der Waals surface area contributed by atoms with E-state index in [-0.39, 0.29) is 6.04 Å². The third-order valence-electron chi connectivity index (χ3n) is 3.93. The van der Waals surface area contributed by atoms with Crippen molar-refractivity contribution < 1.29 is 9.90 Å². The first-order valence-electron chi connectivity index (χ1n) is 7.73. The number of hydrogen-bond donors (Lipinski definition) is 2. The number of nitrogens with one attached hydrogen (secondary N) is 1. The average molecular weight is 312 g/mol. The van der Waals surface area contributed by atoms with Gasteiger partial charge in [-0.25, -0.2) is 4.79 Å². The molecule has 0 aliphatic rings. The van der Waals surface area contributed by atoms with Gasteiger partial charge in [-0.3, -0.25) is 0 Å². The number of carboxylic acids is 1. The van der Waals surface area contributed by atoms with Crippen LogP contribution in [0.25, 0.3) is 0 Å². The van der Waals surface area contributed by atoms with Crippen LogP contribution in [0.5, 0.6) is 0 Å². The summed E-state index contributed by atoms with van der Waals surface area (Å²) < 4.78 is 0. The molecule has 2 aromatic rings. The number of likely N-dealkylation sites (N-methyl/N-ethyl adjacent to an activating group) is 1. The van der Waals surface area contributed by atoms with Crippen molar-refractivity contribution in [2.45, 2.75) is 19.5 Å². The molecule has 0 aliphatic heterocycles. The molecule has 23 heavy (non-hydrogen) atoms. The fourth-order valence-corrected chi connectivity index (χ4v) is 2.55. The number of aryl methyl sites for hydroxylation is 1. The standard InChI is InChI=1S/C19H24N2O2/c1-14-7-9-16(10-8-14)18(21(2)3)13-20-12-15-5-4-6-17(11-15)19(22)23/h4-11,18,20H,12-13H2,1-3H3,(H,22,23). The predicted molar refractivity (Wildman–Crippen MR) is 92.7 cm³/mol. The van der Waals surface area contributed by atoms with E-state index in [0.29, 0.717) is 12.1 Å². The quantitative estimate of drug-likeness (QED) is 0.825. The van der Waals surface area contributed by atoms with E-state index < -0.39 is 5.97 Å². The number of carbonyl (C=O) groups is 1. The van der Waals surface area contributed by atoms with Gasteiger partial charge in [0.1, 0.15) is 0 Å². The van der Waals surface area contributed by atoms with Crippen LogP contribution < -0.4 is 5.32 Å². The number of aromatic carboxylic acids is 1. The van der Waals surface area contributed by atoms with Crippen molar-refractivity contribution in [1.29, 1.82) is 0 Å². The van der Waals surface area contributed by atoms with Crippen LogP contribution in [0.2, 0.25) is 0 Å². The fraction of sp³-hybridized carbons (Fsp3) is 0.316. The number of carboxylic acid groups (broad SMARTS) is 1. The normalized spacial score (nSPS) is 12.3. The molecule has 0 aliphatic carbocycles. The largest absolute Gasteiger partial charge is 0.478 e. The lowest BCUT2D eigenvalue weighted by atomic mass is 10.0. The van der Waals surface area contributed by atoms with Crippen molar-refractivity contribution in [3.63, 3.8) is 0 Å². The molecule has 0 amide bonds. The van der Waals surface area contributed by atoms with Crippen LogP contribution >= 0.6 is 0 Å². The number of benzene rings is 2. The second-order valence-electron chi connectivity index (χ2n) is 6.03. The highest BCUT2D eigenvalue weighted by atomic mass is 16.4. The zero-order valence-electron chi connectivity index (χ0n) is 13.9. The molecule has 0 saturated heterocycles. The Labute approximate surface area is 137 Å². The van der Waals surface area contributed by atoms with Crippen molar-refractivity contribution >= 4 is 5.97 Å². The molecule has 0 fully saturated rings. The van der Waals surface area contributed by atoms with Crippen LogP contribution in [0, 0.1) is 6.92 Å². The predicted octanol–water partition coefficient (Wildman–Crippen LogP) is 3.09. The second-order valence-corrected chi connectivity index (χ2v) is 6.03. The molecule has 0 radical (unpaired) electrons. The highest BCUT2D eigenvalue weighted by Gasteiger charge is 2.13. The van der Waals surface area contributed by atoms with Crippen LogP contribution in [0.1, 0.15) is 33.1 Å². The van der Waals surface area contributed by atoms with Gasteiger partial charge >= 0.3 is 5.97 Å². The summed E-state index contributed by atoms with van der Waals surface area (Å²) in [5.74, 6) is -0.891. The van der Waals surface area contributed by atoms with Crippen LogP contribution in [-0.2, 0) is 6.54 Å². The molecule has 1 unspecified atom stereocenters. The van der Waals surface area contributed by atoms with Gasteiger partial charge in [0.05, 0.1) is 5.56 Å². The van der Waals surface area contributed by atoms with Crippen LogP contribution in [0.3, 0.4) is 0 Å². The molecule has 0 spiro atoms. The van der Waals surface area contributed by atoms with E-state index in [2.05, 4.69) is 55.5 Å². The first-order chi connectivity index (χ1) is 11.0. The van der Waals surface area contributed by atoms with E-state index in [0.717, 1.165) is 12.1 Å². The molecule has 1 atom stereocenters. The van der Waals surface area contributed by atoms with E-state index in [1.807, 2.05) is 6.07 Å². The summed E-state index contributed by atoms with van der Waals surface area (Å²) in [7, 11) is 4.13. The topological polar surface area (TPSA) is 52.6 Å². The molecule has 2 rings (SSSR count). The summed E-state index contributed by atoms with van der Waals surface area (Å²) >= 11 is 0. The Morgan fingerprint density at radius 3 is 2.48 bits per heavy atom.